The predicted molar refractivity (Wildman–Crippen MR) is 79.0 cm³/mol. The van der Waals surface area contributed by atoms with E-state index in [0.29, 0.717) is 11.7 Å². The van der Waals surface area contributed by atoms with Crippen LogP contribution in [0.4, 0.5) is 10.1 Å². The molecule has 2 aliphatic rings. The average molecular weight is 278 g/mol. The molecule has 110 valence electrons. The van der Waals surface area contributed by atoms with Crippen LogP contribution in [0.15, 0.2) is 18.2 Å². The highest BCUT2D eigenvalue weighted by Crippen LogP contribution is 2.29. The van der Waals surface area contributed by atoms with E-state index < -0.39 is 0 Å². The molecule has 1 unspecified atom stereocenters. The molecule has 2 aliphatic heterocycles. The van der Waals surface area contributed by atoms with Crippen molar-refractivity contribution in [2.24, 2.45) is 0 Å². The molecule has 1 aromatic rings. The summed E-state index contributed by atoms with van der Waals surface area (Å²) in [7, 11) is 1.63. The minimum absolute atomic E-state index is 0.143. The maximum Gasteiger partial charge on any atom is 0.146 e. The van der Waals surface area contributed by atoms with Crippen LogP contribution in [0.25, 0.3) is 0 Å². The third-order valence-electron chi connectivity index (χ3n) is 4.55. The van der Waals surface area contributed by atoms with Crippen LogP contribution in [0.5, 0.6) is 5.75 Å². The molecule has 0 amide bonds. The third kappa shape index (κ3) is 2.75. The summed E-state index contributed by atoms with van der Waals surface area (Å²) in [6.07, 6.45) is 4.95. The van der Waals surface area contributed by atoms with Gasteiger partial charge in [-0.2, -0.15) is 0 Å². The number of hydrogen-bond acceptors (Lipinski definition) is 3. The second kappa shape index (κ2) is 6.00. The van der Waals surface area contributed by atoms with Crippen molar-refractivity contribution in [2.75, 3.05) is 38.2 Å². The van der Waals surface area contributed by atoms with Gasteiger partial charge in [-0.05, 0) is 37.9 Å². The van der Waals surface area contributed by atoms with E-state index in [-0.39, 0.29) is 5.82 Å². The molecule has 20 heavy (non-hydrogen) atoms. The lowest BCUT2D eigenvalue weighted by molar-refractivity contribution is 0.162. The monoisotopic (exact) mass is 278 g/mol. The molecule has 0 spiro atoms. The van der Waals surface area contributed by atoms with Gasteiger partial charge in [0.25, 0.3) is 0 Å². The molecule has 0 aromatic heterocycles. The summed E-state index contributed by atoms with van der Waals surface area (Å²) in [5.41, 5.74) is 0.691. The minimum atomic E-state index is -0.143. The van der Waals surface area contributed by atoms with Crippen LogP contribution in [0.3, 0.4) is 0 Å². The Morgan fingerprint density at radius 2 is 2.00 bits per heavy atom. The van der Waals surface area contributed by atoms with Crippen LogP contribution in [0.1, 0.15) is 25.7 Å². The Morgan fingerprint density at radius 3 is 2.85 bits per heavy atom. The van der Waals surface area contributed by atoms with Gasteiger partial charge < -0.3 is 9.64 Å². The van der Waals surface area contributed by atoms with Gasteiger partial charge >= 0.3 is 0 Å². The zero-order valence-corrected chi connectivity index (χ0v) is 12.1. The first-order valence-corrected chi connectivity index (χ1v) is 7.60. The molecule has 0 aliphatic carbocycles. The zero-order valence-electron chi connectivity index (χ0n) is 12.1. The topological polar surface area (TPSA) is 15.7 Å². The Kier molecular flexibility index (Phi) is 4.10. The second-order valence-corrected chi connectivity index (χ2v) is 5.80. The lowest BCUT2D eigenvalue weighted by Crippen LogP contribution is -2.44. The van der Waals surface area contributed by atoms with Crippen LogP contribution in [-0.2, 0) is 0 Å². The Morgan fingerprint density at radius 1 is 1.15 bits per heavy atom. The maximum absolute atomic E-state index is 14.1. The number of ether oxygens (including phenoxy) is 1. The number of fused-ring (bicyclic) bond motifs is 1. The van der Waals surface area contributed by atoms with Crippen molar-refractivity contribution in [3.8, 4) is 5.75 Å². The van der Waals surface area contributed by atoms with Crippen LogP contribution in [0, 0.1) is 5.82 Å². The van der Waals surface area contributed by atoms with Crippen molar-refractivity contribution in [1.29, 1.82) is 0 Å². The summed E-state index contributed by atoms with van der Waals surface area (Å²) >= 11 is 0. The maximum atomic E-state index is 14.1. The zero-order chi connectivity index (χ0) is 13.9. The summed E-state index contributed by atoms with van der Waals surface area (Å²) in [6, 6.07) is 5.60. The quantitative estimate of drug-likeness (QED) is 0.827. The van der Waals surface area contributed by atoms with E-state index in [4.69, 9.17) is 4.74 Å². The van der Waals surface area contributed by atoms with Gasteiger partial charge in [0.05, 0.1) is 12.8 Å². The second-order valence-electron chi connectivity index (χ2n) is 5.80. The fourth-order valence-corrected chi connectivity index (χ4v) is 3.45. The van der Waals surface area contributed by atoms with Crippen LogP contribution in [-0.4, -0.2) is 44.2 Å². The molecule has 1 aromatic carbocycles. The summed E-state index contributed by atoms with van der Waals surface area (Å²) in [4.78, 5) is 4.79. The molecule has 1 atom stereocenters. The predicted octanol–water partition coefficient (Wildman–Crippen LogP) is 2.90. The van der Waals surface area contributed by atoms with Crippen LogP contribution >= 0.6 is 0 Å². The highest BCUT2D eigenvalue weighted by molar-refractivity contribution is 5.52. The number of nitrogens with zero attached hydrogens (tertiary/aromatic N) is 2. The Labute approximate surface area is 120 Å². The molecule has 0 radical (unpaired) electrons. The summed E-state index contributed by atoms with van der Waals surface area (Å²) in [5.74, 6) is 0.584. The standard InChI is InChI=1S/C16H23FN2O/c1-20-14-6-7-15(17)16(11-14)19-10-4-9-18-8-3-2-5-13(18)12-19/h6-7,11,13H,2-5,8-10,12H2,1H3. The van der Waals surface area contributed by atoms with Crippen molar-refractivity contribution in [3.05, 3.63) is 24.0 Å². The fourth-order valence-electron chi connectivity index (χ4n) is 3.45. The number of rotatable bonds is 2. The highest BCUT2D eigenvalue weighted by Gasteiger charge is 2.28. The molecule has 0 N–H and O–H groups in total. The van der Waals surface area contributed by atoms with Crippen molar-refractivity contribution in [1.82, 2.24) is 4.90 Å². The number of halogens is 1. The molecule has 3 nitrogen and oxygen atoms in total. The molecule has 0 bridgehead atoms. The lowest BCUT2D eigenvalue weighted by atomic mass is 10.0. The number of hydrogen-bond donors (Lipinski definition) is 0. The molecule has 2 fully saturated rings. The van der Waals surface area contributed by atoms with E-state index in [1.54, 1.807) is 13.2 Å². The minimum Gasteiger partial charge on any atom is -0.497 e. The first-order chi connectivity index (χ1) is 9.78. The van der Waals surface area contributed by atoms with Gasteiger partial charge in [0.15, 0.2) is 0 Å². The molecular formula is C16H23FN2O. The number of anilines is 1. The van der Waals surface area contributed by atoms with E-state index >= 15 is 0 Å². The van der Waals surface area contributed by atoms with Crippen molar-refractivity contribution in [3.63, 3.8) is 0 Å². The van der Waals surface area contributed by atoms with Gasteiger partial charge in [0, 0.05) is 31.7 Å². The average Bonchev–Trinajstić information content (AvgIpc) is 2.70. The van der Waals surface area contributed by atoms with E-state index in [9.17, 15) is 4.39 Å². The highest BCUT2D eigenvalue weighted by atomic mass is 19.1. The number of benzene rings is 1. The van der Waals surface area contributed by atoms with Crippen molar-refractivity contribution in [2.45, 2.75) is 31.7 Å². The Balaban J connectivity index is 1.82. The molecular weight excluding hydrogens is 255 g/mol. The van der Waals surface area contributed by atoms with E-state index in [1.165, 1.54) is 31.9 Å². The van der Waals surface area contributed by atoms with Gasteiger partial charge in [-0.1, -0.05) is 6.42 Å². The molecule has 3 rings (SSSR count). The SMILES string of the molecule is COc1ccc(F)c(N2CCCN3CCCCC3C2)c1. The molecule has 4 heteroatoms. The Bertz CT molecular complexity index is 466. The molecule has 2 saturated heterocycles. The van der Waals surface area contributed by atoms with Crippen LogP contribution < -0.4 is 9.64 Å². The van der Waals surface area contributed by atoms with E-state index in [0.717, 1.165) is 31.8 Å². The van der Waals surface area contributed by atoms with Crippen molar-refractivity contribution >= 4 is 5.69 Å². The smallest absolute Gasteiger partial charge is 0.146 e. The van der Waals surface area contributed by atoms with Gasteiger partial charge in [0.2, 0.25) is 0 Å². The summed E-state index contributed by atoms with van der Waals surface area (Å²) in [6.45, 7) is 4.22. The fraction of sp³-hybridized carbons (Fsp3) is 0.625. The normalized spacial score (nSPS) is 24.1. The number of methoxy groups -OCH3 is 1. The van der Waals surface area contributed by atoms with E-state index in [2.05, 4.69) is 9.80 Å². The van der Waals surface area contributed by atoms with Gasteiger partial charge in [-0.25, -0.2) is 4.39 Å². The lowest BCUT2D eigenvalue weighted by Gasteiger charge is -2.36. The van der Waals surface area contributed by atoms with Gasteiger partial charge in [-0.3, -0.25) is 4.90 Å². The first kappa shape index (κ1) is 13.7. The third-order valence-corrected chi connectivity index (χ3v) is 4.55. The Hall–Kier alpha value is -1.29. The summed E-state index contributed by atoms with van der Waals surface area (Å²) in [5, 5.41) is 0. The summed E-state index contributed by atoms with van der Waals surface area (Å²) < 4.78 is 19.4. The number of piperidine rings is 1. The van der Waals surface area contributed by atoms with Gasteiger partial charge in [-0.15, -0.1) is 0 Å². The van der Waals surface area contributed by atoms with Crippen molar-refractivity contribution < 1.29 is 9.13 Å². The van der Waals surface area contributed by atoms with E-state index in [1.807, 2.05) is 6.07 Å². The van der Waals surface area contributed by atoms with Crippen LogP contribution in [0.2, 0.25) is 0 Å². The van der Waals surface area contributed by atoms with Gasteiger partial charge in [0.1, 0.15) is 11.6 Å². The first-order valence-electron chi connectivity index (χ1n) is 7.60. The molecule has 0 saturated carbocycles. The molecule has 2 heterocycles. The largest absolute Gasteiger partial charge is 0.497 e.